The Hall–Kier alpha value is -1.42. The molecule has 0 bridgehead atoms. The van der Waals surface area contributed by atoms with Crippen LogP contribution in [0.15, 0.2) is 18.3 Å². The topological polar surface area (TPSA) is 56.7 Å². The van der Waals surface area contributed by atoms with Gasteiger partial charge in [0.25, 0.3) is 0 Å². The number of imidazole rings is 1. The summed E-state index contributed by atoms with van der Waals surface area (Å²) in [6.07, 6.45) is 9.54. The molecule has 2 aromatic rings. The summed E-state index contributed by atoms with van der Waals surface area (Å²) in [5.74, 6) is 2.39. The Kier molecular flexibility index (Phi) is 2.99. The summed E-state index contributed by atoms with van der Waals surface area (Å²) >= 11 is 0. The van der Waals surface area contributed by atoms with Gasteiger partial charge in [0, 0.05) is 18.2 Å². The van der Waals surface area contributed by atoms with E-state index in [1.807, 2.05) is 12.3 Å². The first-order valence-corrected chi connectivity index (χ1v) is 7.91. The van der Waals surface area contributed by atoms with Crippen LogP contribution in [0.2, 0.25) is 0 Å². The van der Waals surface area contributed by atoms with E-state index in [-0.39, 0.29) is 0 Å². The van der Waals surface area contributed by atoms with E-state index >= 15 is 0 Å². The van der Waals surface area contributed by atoms with Gasteiger partial charge in [-0.1, -0.05) is 12.8 Å². The molecule has 2 atom stereocenters. The van der Waals surface area contributed by atoms with Crippen molar-refractivity contribution in [3.8, 4) is 0 Å². The number of pyridine rings is 1. The SMILES string of the molecule is NCC1CCCCC1c1nc2cccnc2n1C1CC1. The van der Waals surface area contributed by atoms with Crippen molar-refractivity contribution in [3.05, 3.63) is 24.2 Å². The molecule has 2 aromatic heterocycles. The minimum Gasteiger partial charge on any atom is -0.330 e. The lowest BCUT2D eigenvalue weighted by atomic mass is 9.78. The van der Waals surface area contributed by atoms with Crippen molar-refractivity contribution in [3.63, 3.8) is 0 Å². The molecule has 4 heteroatoms. The average molecular weight is 270 g/mol. The van der Waals surface area contributed by atoms with Crippen molar-refractivity contribution in [1.29, 1.82) is 0 Å². The van der Waals surface area contributed by atoms with Crippen LogP contribution in [0, 0.1) is 5.92 Å². The first kappa shape index (κ1) is 12.3. The Morgan fingerprint density at radius 3 is 2.85 bits per heavy atom. The van der Waals surface area contributed by atoms with E-state index in [0.717, 1.165) is 17.7 Å². The van der Waals surface area contributed by atoms with Crippen LogP contribution in [0.5, 0.6) is 0 Å². The second kappa shape index (κ2) is 4.85. The van der Waals surface area contributed by atoms with Gasteiger partial charge in [-0.05, 0) is 50.3 Å². The predicted molar refractivity (Wildman–Crippen MR) is 79.6 cm³/mol. The van der Waals surface area contributed by atoms with E-state index in [9.17, 15) is 0 Å². The van der Waals surface area contributed by atoms with Crippen molar-refractivity contribution in [2.75, 3.05) is 6.54 Å². The molecule has 0 aliphatic heterocycles. The van der Waals surface area contributed by atoms with Crippen molar-refractivity contribution in [2.45, 2.75) is 50.5 Å². The van der Waals surface area contributed by atoms with Crippen LogP contribution in [-0.2, 0) is 0 Å². The molecule has 4 nitrogen and oxygen atoms in total. The first-order valence-electron chi connectivity index (χ1n) is 7.91. The Balaban J connectivity index is 1.83. The molecule has 2 N–H and O–H groups in total. The van der Waals surface area contributed by atoms with E-state index < -0.39 is 0 Å². The molecule has 0 saturated heterocycles. The van der Waals surface area contributed by atoms with Crippen LogP contribution >= 0.6 is 0 Å². The van der Waals surface area contributed by atoms with E-state index in [1.54, 1.807) is 0 Å². The van der Waals surface area contributed by atoms with Crippen molar-refractivity contribution in [2.24, 2.45) is 11.7 Å². The number of fused-ring (bicyclic) bond motifs is 1. The lowest BCUT2D eigenvalue weighted by Gasteiger charge is -2.30. The zero-order chi connectivity index (χ0) is 13.5. The maximum Gasteiger partial charge on any atom is 0.160 e. The van der Waals surface area contributed by atoms with Gasteiger partial charge in [0.05, 0.1) is 0 Å². The third-order valence-electron chi connectivity index (χ3n) is 4.93. The summed E-state index contributed by atoms with van der Waals surface area (Å²) < 4.78 is 2.42. The number of hydrogen-bond acceptors (Lipinski definition) is 3. The first-order chi connectivity index (χ1) is 9.88. The average Bonchev–Trinajstić information content (AvgIpc) is 3.27. The number of hydrogen-bond donors (Lipinski definition) is 1. The summed E-state index contributed by atoms with van der Waals surface area (Å²) in [6.45, 7) is 0.784. The number of nitrogens with zero attached hydrogens (tertiary/aromatic N) is 3. The second-order valence-electron chi connectivity index (χ2n) is 6.30. The molecule has 106 valence electrons. The molecule has 2 unspecified atom stereocenters. The van der Waals surface area contributed by atoms with E-state index in [2.05, 4.69) is 15.6 Å². The summed E-state index contributed by atoms with van der Waals surface area (Å²) in [6, 6.07) is 4.70. The standard InChI is InChI=1S/C16H22N4/c17-10-11-4-1-2-5-13(11)15-19-14-6-3-9-18-16(14)20(15)12-7-8-12/h3,6,9,11-13H,1-2,4-5,7-8,10,17H2. The fourth-order valence-electron chi connectivity index (χ4n) is 3.73. The lowest BCUT2D eigenvalue weighted by molar-refractivity contribution is 0.298. The normalized spacial score (nSPS) is 27.1. The Morgan fingerprint density at radius 2 is 2.05 bits per heavy atom. The van der Waals surface area contributed by atoms with Gasteiger partial charge in [-0.15, -0.1) is 0 Å². The smallest absolute Gasteiger partial charge is 0.160 e. The zero-order valence-electron chi connectivity index (χ0n) is 11.8. The summed E-state index contributed by atoms with van der Waals surface area (Å²) in [5.41, 5.74) is 8.14. The van der Waals surface area contributed by atoms with Gasteiger partial charge in [0.2, 0.25) is 0 Å². The minimum absolute atomic E-state index is 0.531. The van der Waals surface area contributed by atoms with Crippen molar-refractivity contribution in [1.82, 2.24) is 14.5 Å². The molecule has 4 rings (SSSR count). The van der Waals surface area contributed by atoms with Gasteiger partial charge in [0.15, 0.2) is 5.65 Å². The van der Waals surface area contributed by atoms with Gasteiger partial charge in [-0.2, -0.15) is 0 Å². The highest BCUT2D eigenvalue weighted by Gasteiger charge is 2.35. The largest absolute Gasteiger partial charge is 0.330 e. The summed E-state index contributed by atoms with van der Waals surface area (Å²) in [5, 5.41) is 0. The highest BCUT2D eigenvalue weighted by molar-refractivity contribution is 5.71. The van der Waals surface area contributed by atoms with E-state index in [0.29, 0.717) is 17.9 Å². The molecule has 2 aliphatic rings. The molecule has 20 heavy (non-hydrogen) atoms. The highest BCUT2D eigenvalue weighted by Crippen LogP contribution is 2.44. The highest BCUT2D eigenvalue weighted by atomic mass is 15.2. The van der Waals surface area contributed by atoms with Crippen molar-refractivity contribution >= 4 is 11.2 Å². The molecular formula is C16H22N4. The Bertz CT molecular complexity index is 614. The van der Waals surface area contributed by atoms with Crippen LogP contribution in [0.25, 0.3) is 11.2 Å². The van der Waals surface area contributed by atoms with E-state index in [4.69, 9.17) is 10.7 Å². The predicted octanol–water partition coefficient (Wildman–Crippen LogP) is 3.00. The number of nitrogens with two attached hydrogens (primary N) is 1. The molecule has 0 radical (unpaired) electrons. The van der Waals surface area contributed by atoms with Gasteiger partial charge in [-0.3, -0.25) is 0 Å². The second-order valence-corrected chi connectivity index (χ2v) is 6.30. The van der Waals surface area contributed by atoms with Gasteiger partial charge >= 0.3 is 0 Å². The van der Waals surface area contributed by atoms with Crippen LogP contribution in [-0.4, -0.2) is 21.1 Å². The molecule has 2 aliphatic carbocycles. The molecule has 0 aromatic carbocycles. The van der Waals surface area contributed by atoms with Crippen molar-refractivity contribution < 1.29 is 0 Å². The van der Waals surface area contributed by atoms with Crippen LogP contribution in [0.4, 0.5) is 0 Å². The summed E-state index contributed by atoms with van der Waals surface area (Å²) in [4.78, 5) is 9.52. The number of rotatable bonds is 3. The third kappa shape index (κ3) is 1.94. The maximum atomic E-state index is 6.01. The van der Waals surface area contributed by atoms with E-state index in [1.165, 1.54) is 44.3 Å². The zero-order valence-corrected chi connectivity index (χ0v) is 11.8. The maximum absolute atomic E-state index is 6.01. The van der Waals surface area contributed by atoms with Gasteiger partial charge in [0.1, 0.15) is 11.3 Å². The van der Waals surface area contributed by atoms with Gasteiger partial charge < -0.3 is 10.3 Å². The Labute approximate surface area is 119 Å². The fourth-order valence-corrected chi connectivity index (χ4v) is 3.73. The molecular weight excluding hydrogens is 248 g/mol. The third-order valence-corrected chi connectivity index (χ3v) is 4.93. The fraction of sp³-hybridized carbons (Fsp3) is 0.625. The number of aromatic nitrogens is 3. The quantitative estimate of drug-likeness (QED) is 0.932. The monoisotopic (exact) mass is 270 g/mol. The van der Waals surface area contributed by atoms with Gasteiger partial charge in [-0.25, -0.2) is 9.97 Å². The lowest BCUT2D eigenvalue weighted by Crippen LogP contribution is -2.27. The molecule has 2 saturated carbocycles. The molecule has 0 spiro atoms. The van der Waals surface area contributed by atoms with Crippen LogP contribution in [0.3, 0.4) is 0 Å². The van der Waals surface area contributed by atoms with Crippen LogP contribution < -0.4 is 5.73 Å². The molecule has 2 heterocycles. The molecule has 2 fully saturated rings. The molecule has 0 amide bonds. The summed E-state index contributed by atoms with van der Waals surface area (Å²) in [7, 11) is 0. The minimum atomic E-state index is 0.531. The Morgan fingerprint density at radius 1 is 1.20 bits per heavy atom. The van der Waals surface area contributed by atoms with Crippen LogP contribution in [0.1, 0.15) is 56.3 Å².